The van der Waals surface area contributed by atoms with E-state index in [1.54, 1.807) is 18.2 Å². The summed E-state index contributed by atoms with van der Waals surface area (Å²) in [4.78, 5) is 11.1. The van der Waals surface area contributed by atoms with Gasteiger partial charge in [0.1, 0.15) is 0 Å². The van der Waals surface area contributed by atoms with Crippen LogP contribution in [0.25, 0.3) is 0 Å². The highest BCUT2D eigenvalue weighted by Gasteiger charge is 2.08. The summed E-state index contributed by atoms with van der Waals surface area (Å²) in [5, 5.41) is 3.80. The summed E-state index contributed by atoms with van der Waals surface area (Å²) in [5.74, 6) is -0.486. The summed E-state index contributed by atoms with van der Waals surface area (Å²) in [6.07, 6.45) is 0. The summed E-state index contributed by atoms with van der Waals surface area (Å²) in [7, 11) is 0. The second-order valence-electron chi connectivity index (χ2n) is 4.12. The van der Waals surface area contributed by atoms with Crippen molar-refractivity contribution in [1.29, 1.82) is 0 Å². The van der Waals surface area contributed by atoms with Crippen molar-refractivity contribution in [2.75, 3.05) is 5.32 Å². The number of rotatable bonds is 4. The first-order valence-electron chi connectivity index (χ1n) is 5.75. The fourth-order valence-electron chi connectivity index (χ4n) is 1.69. The molecule has 0 radical (unpaired) electrons. The zero-order valence-corrected chi connectivity index (χ0v) is 14.2. The van der Waals surface area contributed by atoms with Crippen LogP contribution in [0.15, 0.2) is 45.3 Å². The molecule has 2 aromatic rings. The molecule has 2 rings (SSSR count). The van der Waals surface area contributed by atoms with E-state index in [4.69, 9.17) is 17.3 Å². The maximum atomic E-state index is 11.1. The molecule has 3 nitrogen and oxygen atoms in total. The lowest BCUT2D eigenvalue weighted by Crippen LogP contribution is -2.11. The van der Waals surface area contributed by atoms with Crippen molar-refractivity contribution in [2.45, 2.75) is 6.54 Å². The van der Waals surface area contributed by atoms with Crippen LogP contribution in [-0.4, -0.2) is 5.91 Å². The Bertz CT molecular complexity index is 641. The van der Waals surface area contributed by atoms with Crippen molar-refractivity contribution in [3.05, 3.63) is 61.5 Å². The zero-order chi connectivity index (χ0) is 14.7. The van der Waals surface area contributed by atoms with E-state index < -0.39 is 5.91 Å². The van der Waals surface area contributed by atoms with Gasteiger partial charge in [-0.2, -0.15) is 0 Å². The van der Waals surface area contributed by atoms with Crippen molar-refractivity contribution < 1.29 is 4.79 Å². The summed E-state index contributed by atoms with van der Waals surface area (Å²) >= 11 is 13.1. The second-order valence-corrected chi connectivity index (χ2v) is 6.24. The van der Waals surface area contributed by atoms with Crippen LogP contribution in [0, 0.1) is 0 Å². The lowest BCUT2D eigenvalue weighted by molar-refractivity contribution is 0.100. The van der Waals surface area contributed by atoms with Gasteiger partial charge >= 0.3 is 0 Å². The maximum Gasteiger partial charge on any atom is 0.248 e. The van der Waals surface area contributed by atoms with Gasteiger partial charge in [0.15, 0.2) is 0 Å². The van der Waals surface area contributed by atoms with Gasteiger partial charge < -0.3 is 11.1 Å². The van der Waals surface area contributed by atoms with E-state index in [-0.39, 0.29) is 0 Å². The van der Waals surface area contributed by atoms with Gasteiger partial charge in [-0.25, -0.2) is 0 Å². The Morgan fingerprint density at radius 2 is 1.85 bits per heavy atom. The molecule has 0 aliphatic heterocycles. The lowest BCUT2D eigenvalue weighted by Gasteiger charge is -2.12. The van der Waals surface area contributed by atoms with Gasteiger partial charge in [-0.1, -0.05) is 23.7 Å². The predicted octanol–water partition coefficient (Wildman–Crippen LogP) is 4.58. The Hall–Kier alpha value is -1.04. The third kappa shape index (κ3) is 3.53. The summed E-state index contributed by atoms with van der Waals surface area (Å²) in [6, 6.07) is 10.9. The van der Waals surface area contributed by atoms with Crippen LogP contribution < -0.4 is 11.1 Å². The summed E-state index contributed by atoms with van der Waals surface area (Å²) in [5.41, 5.74) is 7.45. The number of anilines is 1. The number of carbonyl (C=O) groups excluding carboxylic acids is 1. The Morgan fingerprint density at radius 1 is 1.20 bits per heavy atom. The van der Waals surface area contributed by atoms with Crippen LogP contribution in [0.4, 0.5) is 5.69 Å². The van der Waals surface area contributed by atoms with Crippen LogP contribution in [0.5, 0.6) is 0 Å². The molecule has 0 bridgehead atoms. The smallest absolute Gasteiger partial charge is 0.248 e. The average molecular weight is 419 g/mol. The molecule has 0 atom stereocenters. The van der Waals surface area contributed by atoms with Gasteiger partial charge in [-0.05, 0) is 61.7 Å². The van der Waals surface area contributed by atoms with Crippen molar-refractivity contribution in [3.8, 4) is 0 Å². The molecule has 0 spiro atoms. The molecule has 20 heavy (non-hydrogen) atoms. The Labute approximate surface area is 138 Å². The molecule has 1 amide bonds. The standard InChI is InChI=1S/C14H11Br2ClN2O/c15-10-2-1-3-11(16)13(10)19-7-9-5-4-8(14(18)20)6-12(9)17/h1-6,19H,7H2,(H2,18,20). The van der Waals surface area contributed by atoms with Gasteiger partial charge in [0.05, 0.1) is 5.69 Å². The van der Waals surface area contributed by atoms with Gasteiger partial charge in [-0.3, -0.25) is 4.79 Å². The van der Waals surface area contributed by atoms with Crippen LogP contribution >= 0.6 is 43.5 Å². The Balaban J connectivity index is 2.17. The number of benzene rings is 2. The molecule has 0 fully saturated rings. The van der Waals surface area contributed by atoms with Crippen molar-refractivity contribution in [3.63, 3.8) is 0 Å². The third-order valence-corrected chi connectivity index (χ3v) is 4.43. The Kier molecular flexibility index (Phi) is 5.07. The fourth-order valence-corrected chi connectivity index (χ4v) is 3.22. The molecule has 2 aromatic carbocycles. The minimum absolute atomic E-state index is 0.404. The maximum absolute atomic E-state index is 11.1. The van der Waals surface area contributed by atoms with E-state index in [9.17, 15) is 4.79 Å². The van der Waals surface area contributed by atoms with Crippen LogP contribution in [-0.2, 0) is 6.54 Å². The summed E-state index contributed by atoms with van der Waals surface area (Å²) in [6.45, 7) is 0.541. The highest BCUT2D eigenvalue weighted by Crippen LogP contribution is 2.31. The molecule has 0 saturated heterocycles. The van der Waals surface area contributed by atoms with Crippen LogP contribution in [0.1, 0.15) is 15.9 Å². The average Bonchev–Trinajstić information content (AvgIpc) is 2.39. The minimum Gasteiger partial charge on any atom is -0.379 e. The number of carbonyl (C=O) groups is 1. The highest BCUT2D eigenvalue weighted by molar-refractivity contribution is 9.11. The lowest BCUT2D eigenvalue weighted by atomic mass is 10.1. The number of amides is 1. The first kappa shape index (κ1) is 15.4. The molecule has 0 aliphatic rings. The van der Waals surface area contributed by atoms with Gasteiger partial charge in [0.25, 0.3) is 0 Å². The number of para-hydroxylation sites is 1. The first-order valence-corrected chi connectivity index (χ1v) is 7.71. The normalized spacial score (nSPS) is 10.3. The van der Waals surface area contributed by atoms with E-state index in [2.05, 4.69) is 37.2 Å². The number of halogens is 3. The van der Waals surface area contributed by atoms with E-state index in [0.717, 1.165) is 20.2 Å². The number of hydrogen-bond donors (Lipinski definition) is 2. The number of primary amides is 1. The van der Waals surface area contributed by atoms with E-state index in [1.165, 1.54) is 0 Å². The van der Waals surface area contributed by atoms with E-state index in [1.807, 2.05) is 18.2 Å². The molecular weight excluding hydrogens is 407 g/mol. The van der Waals surface area contributed by atoms with Gasteiger partial charge in [0, 0.05) is 26.1 Å². The zero-order valence-electron chi connectivity index (χ0n) is 10.3. The quantitative estimate of drug-likeness (QED) is 0.764. The molecule has 0 aromatic heterocycles. The first-order chi connectivity index (χ1) is 9.49. The third-order valence-electron chi connectivity index (χ3n) is 2.76. The number of nitrogens with one attached hydrogen (secondary N) is 1. The van der Waals surface area contributed by atoms with Crippen LogP contribution in [0.2, 0.25) is 5.02 Å². The Morgan fingerprint density at radius 3 is 2.40 bits per heavy atom. The van der Waals surface area contributed by atoms with Gasteiger partial charge in [0.2, 0.25) is 5.91 Å². The molecular formula is C14H11Br2ClN2O. The van der Waals surface area contributed by atoms with Crippen molar-refractivity contribution in [1.82, 2.24) is 0 Å². The fraction of sp³-hybridized carbons (Fsp3) is 0.0714. The summed E-state index contributed by atoms with van der Waals surface area (Å²) < 4.78 is 1.91. The molecule has 6 heteroatoms. The van der Waals surface area contributed by atoms with E-state index in [0.29, 0.717) is 17.1 Å². The van der Waals surface area contributed by atoms with Crippen molar-refractivity contribution >= 4 is 55.1 Å². The SMILES string of the molecule is NC(=O)c1ccc(CNc2c(Br)cccc2Br)c(Cl)c1. The topological polar surface area (TPSA) is 55.1 Å². The minimum atomic E-state index is -0.486. The van der Waals surface area contributed by atoms with E-state index >= 15 is 0 Å². The molecule has 104 valence electrons. The molecule has 3 N–H and O–H groups in total. The molecule has 0 heterocycles. The molecule has 0 unspecified atom stereocenters. The largest absolute Gasteiger partial charge is 0.379 e. The monoisotopic (exact) mass is 416 g/mol. The van der Waals surface area contributed by atoms with Gasteiger partial charge in [-0.15, -0.1) is 0 Å². The van der Waals surface area contributed by atoms with Crippen molar-refractivity contribution in [2.24, 2.45) is 5.73 Å². The number of nitrogens with two attached hydrogens (primary N) is 1. The molecule has 0 saturated carbocycles. The molecule has 0 aliphatic carbocycles. The highest BCUT2D eigenvalue weighted by atomic mass is 79.9. The predicted molar refractivity (Wildman–Crippen MR) is 89.1 cm³/mol. The number of hydrogen-bond acceptors (Lipinski definition) is 2. The van der Waals surface area contributed by atoms with Crippen LogP contribution in [0.3, 0.4) is 0 Å². The second kappa shape index (κ2) is 6.61.